The fraction of sp³-hybridized carbons (Fsp3) is 0.192. The molecule has 2 aliphatic heterocycles. The minimum Gasteiger partial charge on any atom is -0.496 e. The first-order valence-corrected chi connectivity index (χ1v) is 11.7. The lowest BCUT2D eigenvalue weighted by atomic mass is 10.1. The van der Waals surface area contributed by atoms with Crippen molar-refractivity contribution in [3.63, 3.8) is 0 Å². The van der Waals surface area contributed by atoms with Crippen molar-refractivity contribution in [2.75, 3.05) is 7.11 Å². The molecule has 5 rings (SSSR count). The van der Waals surface area contributed by atoms with E-state index in [-0.39, 0.29) is 5.91 Å². The van der Waals surface area contributed by atoms with Gasteiger partial charge in [-0.15, -0.1) is 5.10 Å². The summed E-state index contributed by atoms with van der Waals surface area (Å²) in [6, 6.07) is 22.0. The zero-order valence-electron chi connectivity index (χ0n) is 18.7. The summed E-state index contributed by atoms with van der Waals surface area (Å²) in [7, 11) is 1.66. The second-order valence-electron chi connectivity index (χ2n) is 8.08. The van der Waals surface area contributed by atoms with E-state index in [0.717, 1.165) is 27.5 Å². The van der Waals surface area contributed by atoms with Crippen LogP contribution in [0.5, 0.6) is 5.75 Å². The van der Waals surface area contributed by atoms with Crippen molar-refractivity contribution in [2.45, 2.75) is 25.8 Å². The molecule has 0 saturated carbocycles. The number of ether oxygens (including phenoxy) is 1. The molecule has 1 atom stereocenters. The number of benzene rings is 3. The van der Waals surface area contributed by atoms with E-state index in [9.17, 15) is 4.79 Å². The number of carbonyl (C=O) groups is 1. The largest absolute Gasteiger partial charge is 0.496 e. The van der Waals surface area contributed by atoms with Crippen LogP contribution in [-0.4, -0.2) is 23.2 Å². The van der Waals surface area contributed by atoms with E-state index in [2.05, 4.69) is 36.5 Å². The zero-order chi connectivity index (χ0) is 22.9. The summed E-state index contributed by atoms with van der Waals surface area (Å²) in [4.78, 5) is 18.2. The highest BCUT2D eigenvalue weighted by atomic mass is 32.2. The SMILES string of the molecule is COc1ccc([C@@H]2N=c3ccccc3=C3C(=O)NC(SCc4ccc(C)cc4)=NN32)cc1C. The van der Waals surface area contributed by atoms with Crippen LogP contribution < -0.4 is 20.6 Å². The highest BCUT2D eigenvalue weighted by molar-refractivity contribution is 8.13. The number of nitrogens with zero attached hydrogens (tertiary/aromatic N) is 3. The molecular weight excluding hydrogens is 432 g/mol. The van der Waals surface area contributed by atoms with Gasteiger partial charge in [0, 0.05) is 11.0 Å². The number of rotatable bonds is 4. The lowest BCUT2D eigenvalue weighted by Crippen LogP contribution is -2.50. The topological polar surface area (TPSA) is 66.3 Å². The number of hydrazone groups is 1. The molecule has 33 heavy (non-hydrogen) atoms. The van der Waals surface area contributed by atoms with Gasteiger partial charge in [0.25, 0.3) is 5.91 Å². The van der Waals surface area contributed by atoms with Gasteiger partial charge in [0.2, 0.25) is 0 Å². The summed E-state index contributed by atoms with van der Waals surface area (Å²) in [6.07, 6.45) is -0.444. The molecule has 0 unspecified atom stereocenters. The molecule has 166 valence electrons. The quantitative estimate of drug-likeness (QED) is 0.654. The number of carbonyl (C=O) groups excluding carboxylic acids is 1. The van der Waals surface area contributed by atoms with Gasteiger partial charge in [-0.25, -0.2) is 5.01 Å². The van der Waals surface area contributed by atoms with Crippen LogP contribution in [0.3, 0.4) is 0 Å². The summed E-state index contributed by atoms with van der Waals surface area (Å²) in [5.74, 6) is 1.35. The van der Waals surface area contributed by atoms with Crippen molar-refractivity contribution in [3.05, 3.63) is 99.6 Å². The van der Waals surface area contributed by atoms with Gasteiger partial charge >= 0.3 is 0 Å². The fourth-order valence-electron chi connectivity index (χ4n) is 4.01. The fourth-order valence-corrected chi connectivity index (χ4v) is 4.81. The number of hydrogen-bond acceptors (Lipinski definition) is 6. The minimum atomic E-state index is -0.444. The first-order valence-electron chi connectivity index (χ1n) is 10.7. The first-order chi connectivity index (χ1) is 16.0. The van der Waals surface area contributed by atoms with Crippen LogP contribution in [-0.2, 0) is 10.5 Å². The van der Waals surface area contributed by atoms with Gasteiger partial charge in [-0.3, -0.25) is 15.1 Å². The number of nitrogens with one attached hydrogen (secondary N) is 1. The molecule has 2 aliphatic rings. The summed E-state index contributed by atoms with van der Waals surface area (Å²) in [6.45, 7) is 4.07. The van der Waals surface area contributed by atoms with Gasteiger partial charge in [-0.05, 0) is 48.7 Å². The second kappa shape index (κ2) is 8.75. The Balaban J connectivity index is 1.55. The number of thioether (sulfide) groups is 1. The van der Waals surface area contributed by atoms with Crippen molar-refractivity contribution in [2.24, 2.45) is 10.1 Å². The smallest absolute Gasteiger partial charge is 0.276 e. The van der Waals surface area contributed by atoms with Gasteiger partial charge in [-0.2, -0.15) is 0 Å². The molecule has 7 heteroatoms. The minimum absolute atomic E-state index is 0.172. The maximum atomic E-state index is 13.3. The molecule has 0 bridgehead atoms. The Bertz CT molecular complexity index is 1380. The molecule has 0 spiro atoms. The Morgan fingerprint density at radius 1 is 1.06 bits per heavy atom. The van der Waals surface area contributed by atoms with Gasteiger partial charge in [0.05, 0.1) is 12.5 Å². The first kappa shape index (κ1) is 21.3. The molecule has 1 N–H and O–H groups in total. The summed E-state index contributed by atoms with van der Waals surface area (Å²) >= 11 is 1.50. The van der Waals surface area contributed by atoms with E-state index >= 15 is 0 Å². The molecule has 3 aromatic carbocycles. The number of para-hydroxylation sites is 1. The van der Waals surface area contributed by atoms with Crippen molar-refractivity contribution in [3.8, 4) is 5.75 Å². The molecular formula is C26H24N4O2S. The van der Waals surface area contributed by atoms with E-state index in [0.29, 0.717) is 16.6 Å². The third-order valence-corrected chi connectivity index (χ3v) is 6.66. The Kier molecular flexibility index (Phi) is 5.64. The lowest BCUT2D eigenvalue weighted by molar-refractivity contribution is -0.116. The van der Waals surface area contributed by atoms with Crippen LogP contribution in [0.25, 0.3) is 5.70 Å². The molecule has 2 heterocycles. The van der Waals surface area contributed by atoms with E-state index < -0.39 is 6.17 Å². The second-order valence-corrected chi connectivity index (χ2v) is 9.04. The predicted octanol–water partition coefficient (Wildman–Crippen LogP) is 3.39. The third-order valence-electron chi connectivity index (χ3n) is 5.73. The molecule has 6 nitrogen and oxygen atoms in total. The Labute approximate surface area is 196 Å². The van der Waals surface area contributed by atoms with Crippen molar-refractivity contribution >= 4 is 28.5 Å². The van der Waals surface area contributed by atoms with Crippen molar-refractivity contribution < 1.29 is 9.53 Å². The molecule has 0 fully saturated rings. The van der Waals surface area contributed by atoms with Crippen molar-refractivity contribution in [1.29, 1.82) is 0 Å². The maximum Gasteiger partial charge on any atom is 0.276 e. The van der Waals surface area contributed by atoms with Crippen LogP contribution in [0.4, 0.5) is 0 Å². The number of methoxy groups -OCH3 is 1. The highest BCUT2D eigenvalue weighted by Gasteiger charge is 2.34. The standard InChI is InChI=1S/C26H24N4O2S/c1-16-8-10-18(11-9-16)15-33-26-28-25(31)23-20-6-4-5-7-21(20)27-24(30(23)29-26)19-12-13-22(32-3)17(2)14-19/h4-14,24H,15H2,1-3H3,(H,28,29,31)/t24-/m1/s1. The molecule has 1 amide bonds. The van der Waals surface area contributed by atoms with E-state index in [1.165, 1.54) is 22.9 Å². The lowest BCUT2D eigenvalue weighted by Gasteiger charge is -2.34. The Hall–Kier alpha value is -3.58. The zero-order valence-corrected chi connectivity index (χ0v) is 19.5. The Morgan fingerprint density at radius 3 is 2.61 bits per heavy atom. The molecule has 0 saturated heterocycles. The highest BCUT2D eigenvalue weighted by Crippen LogP contribution is 2.33. The number of fused-ring (bicyclic) bond motifs is 2. The average Bonchev–Trinajstić information content (AvgIpc) is 2.83. The number of amidine groups is 1. The molecule has 3 aromatic rings. The molecule has 0 aliphatic carbocycles. The van der Waals surface area contributed by atoms with Crippen LogP contribution in [0.15, 0.2) is 76.8 Å². The molecule has 0 aromatic heterocycles. The summed E-state index contributed by atoms with van der Waals surface area (Å²) < 4.78 is 5.42. The van der Waals surface area contributed by atoms with E-state index in [1.54, 1.807) is 12.1 Å². The van der Waals surface area contributed by atoms with Gasteiger partial charge in [0.15, 0.2) is 11.3 Å². The monoisotopic (exact) mass is 456 g/mol. The number of amides is 1. The van der Waals surface area contributed by atoms with Gasteiger partial charge < -0.3 is 4.74 Å². The van der Waals surface area contributed by atoms with Gasteiger partial charge in [0.1, 0.15) is 11.4 Å². The number of hydrogen-bond donors (Lipinski definition) is 1. The van der Waals surface area contributed by atoms with E-state index in [4.69, 9.17) is 14.8 Å². The maximum absolute atomic E-state index is 13.3. The third kappa shape index (κ3) is 4.12. The van der Waals surface area contributed by atoms with Crippen LogP contribution in [0.1, 0.15) is 28.4 Å². The summed E-state index contributed by atoms with van der Waals surface area (Å²) in [5, 5.41) is 11.7. The number of aryl methyl sites for hydroxylation is 2. The normalized spacial score (nSPS) is 16.9. The molecule has 0 radical (unpaired) electrons. The predicted molar refractivity (Wildman–Crippen MR) is 131 cm³/mol. The van der Waals surface area contributed by atoms with E-state index in [1.807, 2.05) is 49.4 Å². The average molecular weight is 457 g/mol. The van der Waals surface area contributed by atoms with Gasteiger partial charge in [-0.1, -0.05) is 65.9 Å². The summed E-state index contributed by atoms with van der Waals surface area (Å²) in [5.41, 5.74) is 4.86. The van der Waals surface area contributed by atoms with Crippen molar-refractivity contribution in [1.82, 2.24) is 10.3 Å². The van der Waals surface area contributed by atoms with Crippen LogP contribution >= 0.6 is 11.8 Å². The van der Waals surface area contributed by atoms with Crippen LogP contribution in [0, 0.1) is 13.8 Å². The Morgan fingerprint density at radius 2 is 1.85 bits per heavy atom. The van der Waals surface area contributed by atoms with Crippen LogP contribution in [0.2, 0.25) is 0 Å².